The zero-order valence-electron chi connectivity index (χ0n) is 21.0. The molecule has 0 radical (unpaired) electrons. The van der Waals surface area contributed by atoms with Crippen molar-refractivity contribution in [1.29, 1.82) is 0 Å². The number of hydrogen-bond donors (Lipinski definition) is 1. The Balaban J connectivity index is 0.000000572. The molecule has 0 saturated carbocycles. The van der Waals surface area contributed by atoms with Crippen LogP contribution in [-0.2, 0) is 26.4 Å². The Labute approximate surface area is 210 Å². The smallest absolute Gasteiger partial charge is 0.416 e. The summed E-state index contributed by atoms with van der Waals surface area (Å²) in [5.74, 6) is -1.15. The van der Waals surface area contributed by atoms with Crippen LogP contribution in [0.25, 0.3) is 17.0 Å². The normalized spacial score (nSPS) is 13.4. The topological polar surface area (TPSA) is 76.4 Å². The van der Waals surface area contributed by atoms with Crippen molar-refractivity contribution in [2.75, 3.05) is 5.75 Å². The zero-order chi connectivity index (χ0) is 27.3. The number of aliphatic carboxylic acids is 1. The summed E-state index contributed by atoms with van der Waals surface area (Å²) in [4.78, 5) is 9.93. The van der Waals surface area contributed by atoms with Gasteiger partial charge in [0, 0.05) is 11.6 Å². The molecule has 36 heavy (non-hydrogen) atoms. The standard InChI is InChI=1S/C22H22F3NO2S.C5H10O2/c1-21(2,3)18-8-4-6-16(14-18)7-5-13-29(27,28)26-12-11-17-15-19(22(23,24)25)9-10-20(17)26;1-3-4(2)5(6)7/h4-12,14-15H,13H2,1-3H3;4H,3H2,1-2H3,(H,6,7). The van der Waals surface area contributed by atoms with Crippen molar-refractivity contribution >= 4 is 33.0 Å². The van der Waals surface area contributed by atoms with Crippen LogP contribution < -0.4 is 0 Å². The highest BCUT2D eigenvalue weighted by Gasteiger charge is 2.31. The Morgan fingerprint density at radius 1 is 1.06 bits per heavy atom. The summed E-state index contributed by atoms with van der Waals surface area (Å²) in [6, 6.07) is 12.2. The maximum atomic E-state index is 12.9. The Hall–Kier alpha value is -3.07. The molecule has 1 heterocycles. The Morgan fingerprint density at radius 2 is 1.72 bits per heavy atom. The van der Waals surface area contributed by atoms with Gasteiger partial charge >= 0.3 is 12.1 Å². The monoisotopic (exact) mass is 523 g/mol. The van der Waals surface area contributed by atoms with E-state index >= 15 is 0 Å². The zero-order valence-corrected chi connectivity index (χ0v) is 21.8. The van der Waals surface area contributed by atoms with E-state index in [2.05, 4.69) is 20.8 Å². The fourth-order valence-electron chi connectivity index (χ4n) is 3.21. The van der Waals surface area contributed by atoms with Crippen LogP contribution in [0.4, 0.5) is 13.2 Å². The largest absolute Gasteiger partial charge is 0.481 e. The molecule has 0 fully saturated rings. The molecule has 1 aromatic heterocycles. The summed E-state index contributed by atoms with van der Waals surface area (Å²) in [6.07, 6.45) is 0.816. The number of benzene rings is 2. The lowest BCUT2D eigenvalue weighted by molar-refractivity contribution is -0.141. The minimum atomic E-state index is -4.47. The van der Waals surface area contributed by atoms with Gasteiger partial charge in [0.2, 0.25) is 10.0 Å². The van der Waals surface area contributed by atoms with Crippen molar-refractivity contribution in [3.8, 4) is 0 Å². The Morgan fingerprint density at radius 3 is 2.25 bits per heavy atom. The van der Waals surface area contributed by atoms with Crippen molar-refractivity contribution in [1.82, 2.24) is 3.97 Å². The van der Waals surface area contributed by atoms with Crippen molar-refractivity contribution < 1.29 is 31.5 Å². The van der Waals surface area contributed by atoms with Gasteiger partial charge < -0.3 is 5.11 Å². The van der Waals surface area contributed by atoms with Crippen molar-refractivity contribution in [3.05, 3.63) is 77.5 Å². The number of alkyl halides is 3. The highest BCUT2D eigenvalue weighted by molar-refractivity contribution is 7.90. The molecule has 1 N–H and O–H groups in total. The SMILES string of the molecule is CC(C)(C)c1cccc(C=CCS(=O)(=O)n2ccc3cc(C(F)(F)F)ccc32)c1.CCC(C)C(=O)O. The van der Waals surface area contributed by atoms with Crippen molar-refractivity contribution in [2.45, 2.75) is 52.6 Å². The Kier molecular flexibility index (Phi) is 9.18. The molecule has 3 aromatic rings. The fourth-order valence-corrected chi connectivity index (χ4v) is 4.42. The molecule has 0 amide bonds. The number of hydrogen-bond acceptors (Lipinski definition) is 3. The van der Waals surface area contributed by atoms with Gasteiger partial charge in [-0.3, -0.25) is 4.79 Å². The molecule has 0 aliphatic carbocycles. The third-order valence-corrected chi connectivity index (χ3v) is 7.22. The molecule has 1 unspecified atom stereocenters. The van der Waals surface area contributed by atoms with E-state index in [9.17, 15) is 26.4 Å². The summed E-state index contributed by atoms with van der Waals surface area (Å²) in [5, 5.41) is 8.41. The summed E-state index contributed by atoms with van der Waals surface area (Å²) in [6.45, 7) is 9.85. The predicted molar refractivity (Wildman–Crippen MR) is 137 cm³/mol. The summed E-state index contributed by atoms with van der Waals surface area (Å²) < 4.78 is 65.0. The molecule has 196 valence electrons. The van der Waals surface area contributed by atoms with Crippen LogP contribution in [-0.4, -0.2) is 29.2 Å². The molecular formula is C27H32F3NO4S. The fraction of sp³-hybridized carbons (Fsp3) is 0.370. The number of rotatable bonds is 6. The van der Waals surface area contributed by atoms with E-state index in [0.717, 1.165) is 33.7 Å². The van der Waals surface area contributed by atoms with Gasteiger partial charge in [0.05, 0.1) is 22.8 Å². The first-order valence-electron chi connectivity index (χ1n) is 11.5. The molecule has 9 heteroatoms. The number of nitrogens with zero attached hydrogens (tertiary/aromatic N) is 1. The average Bonchev–Trinajstić information content (AvgIpc) is 3.22. The minimum absolute atomic E-state index is 0.0186. The summed E-state index contributed by atoms with van der Waals surface area (Å²) >= 11 is 0. The van der Waals surface area contributed by atoms with Gasteiger partial charge in [-0.1, -0.05) is 71.0 Å². The maximum Gasteiger partial charge on any atom is 0.416 e. The molecule has 3 rings (SSSR count). The van der Waals surface area contributed by atoms with Gasteiger partial charge in [-0.05, 0) is 47.2 Å². The molecule has 0 bridgehead atoms. The molecular weight excluding hydrogens is 491 g/mol. The van der Waals surface area contributed by atoms with E-state index in [1.807, 2.05) is 31.2 Å². The van der Waals surface area contributed by atoms with Crippen molar-refractivity contribution in [3.63, 3.8) is 0 Å². The van der Waals surface area contributed by atoms with Crippen molar-refractivity contribution in [2.24, 2.45) is 5.92 Å². The summed E-state index contributed by atoms with van der Waals surface area (Å²) in [5.41, 5.74) is 1.43. The lowest BCUT2D eigenvalue weighted by Gasteiger charge is -2.19. The van der Waals surface area contributed by atoms with Crippen LogP contribution in [0.2, 0.25) is 0 Å². The van der Waals surface area contributed by atoms with Crippen LogP contribution in [0.3, 0.4) is 0 Å². The first-order chi connectivity index (χ1) is 16.6. The van der Waals surface area contributed by atoms with Crippen LogP contribution in [0, 0.1) is 5.92 Å². The van der Waals surface area contributed by atoms with E-state index in [1.165, 1.54) is 18.3 Å². The van der Waals surface area contributed by atoms with Gasteiger partial charge in [-0.2, -0.15) is 13.2 Å². The molecule has 0 saturated heterocycles. The van der Waals surface area contributed by atoms with Gasteiger partial charge in [-0.25, -0.2) is 12.4 Å². The highest BCUT2D eigenvalue weighted by Crippen LogP contribution is 2.32. The second kappa shape index (κ2) is 11.3. The van der Waals surface area contributed by atoms with Crippen LogP contribution in [0.1, 0.15) is 57.7 Å². The van der Waals surface area contributed by atoms with Gasteiger partial charge in [0.15, 0.2) is 0 Å². The van der Waals surface area contributed by atoms with Gasteiger partial charge in [-0.15, -0.1) is 0 Å². The predicted octanol–water partition coefficient (Wildman–Crippen LogP) is 6.97. The Bertz CT molecular complexity index is 1330. The minimum Gasteiger partial charge on any atom is -0.481 e. The van der Waals surface area contributed by atoms with Gasteiger partial charge in [0.25, 0.3) is 0 Å². The average molecular weight is 524 g/mol. The lowest BCUT2D eigenvalue weighted by Crippen LogP contribution is -2.14. The number of carboxylic acid groups (broad SMARTS) is 1. The number of aromatic nitrogens is 1. The van der Waals surface area contributed by atoms with E-state index in [1.54, 1.807) is 19.1 Å². The quantitative estimate of drug-likeness (QED) is 0.379. The number of fused-ring (bicyclic) bond motifs is 1. The first kappa shape index (κ1) is 29.2. The van der Waals surface area contributed by atoms with E-state index < -0.39 is 27.7 Å². The number of halogens is 3. The summed E-state index contributed by atoms with van der Waals surface area (Å²) in [7, 11) is -3.75. The number of carbonyl (C=O) groups is 1. The second-order valence-corrected chi connectivity index (χ2v) is 11.5. The molecule has 0 aliphatic rings. The first-order valence-corrected chi connectivity index (χ1v) is 13.1. The molecule has 0 spiro atoms. The van der Waals surface area contributed by atoms with E-state index in [-0.39, 0.29) is 28.0 Å². The van der Waals surface area contributed by atoms with Crippen LogP contribution in [0.5, 0.6) is 0 Å². The molecule has 2 aromatic carbocycles. The maximum absolute atomic E-state index is 12.9. The van der Waals surface area contributed by atoms with E-state index in [4.69, 9.17) is 5.11 Å². The second-order valence-electron chi connectivity index (χ2n) is 9.59. The molecule has 0 aliphatic heterocycles. The third-order valence-electron chi connectivity index (χ3n) is 5.69. The van der Waals surface area contributed by atoms with Crippen LogP contribution >= 0.6 is 0 Å². The van der Waals surface area contributed by atoms with Gasteiger partial charge in [0.1, 0.15) is 0 Å². The third kappa shape index (κ3) is 7.71. The number of carboxylic acids is 1. The lowest BCUT2D eigenvalue weighted by atomic mass is 9.86. The molecule has 5 nitrogen and oxygen atoms in total. The molecule has 1 atom stereocenters. The van der Waals surface area contributed by atoms with E-state index in [0.29, 0.717) is 0 Å². The van der Waals surface area contributed by atoms with Crippen LogP contribution in [0.15, 0.2) is 60.8 Å². The highest BCUT2D eigenvalue weighted by atomic mass is 32.2.